The van der Waals surface area contributed by atoms with E-state index in [1.54, 1.807) is 0 Å². The first-order valence-corrected chi connectivity index (χ1v) is 9.36. The van der Waals surface area contributed by atoms with Gasteiger partial charge in [0, 0.05) is 102 Å². The first kappa shape index (κ1) is 23.0. The SMILES string of the molecule is Cc1cc2c(c(C)c1C)C=[N+]1[CH-][CH-][N+]3=Cc4c(cc(C)c(C)c4C)OC13O2.[Y].[Y]. The molecule has 0 saturated carbocycles. The average Bonchev–Trinajstić information content (AvgIpc) is 2.99. The van der Waals surface area contributed by atoms with E-state index in [0.717, 1.165) is 22.6 Å². The van der Waals surface area contributed by atoms with Gasteiger partial charge in [0.1, 0.15) is 11.5 Å². The summed E-state index contributed by atoms with van der Waals surface area (Å²) in [6, 6.07) is 3.20. The summed E-state index contributed by atoms with van der Waals surface area (Å²) in [5, 5.41) is 0. The van der Waals surface area contributed by atoms with Crippen LogP contribution in [0.2, 0.25) is 0 Å². The molecule has 2 radical (unpaired) electrons. The van der Waals surface area contributed by atoms with E-state index in [0.29, 0.717) is 0 Å². The molecule has 0 bridgehead atoms. The van der Waals surface area contributed by atoms with E-state index in [1.165, 1.54) is 33.4 Å². The quantitative estimate of drug-likeness (QED) is 0.377. The Morgan fingerprint density at radius 1 is 0.655 bits per heavy atom. The van der Waals surface area contributed by atoms with Gasteiger partial charge < -0.3 is 9.47 Å². The van der Waals surface area contributed by atoms with Crippen molar-refractivity contribution in [3.8, 4) is 11.5 Å². The molecule has 4 nitrogen and oxygen atoms in total. The minimum Gasteiger partial charge on any atom is -0.346 e. The van der Waals surface area contributed by atoms with Gasteiger partial charge in [0.15, 0.2) is 0 Å². The summed E-state index contributed by atoms with van der Waals surface area (Å²) >= 11 is 0. The predicted molar refractivity (Wildman–Crippen MR) is 105 cm³/mol. The molecule has 144 valence electrons. The van der Waals surface area contributed by atoms with E-state index in [9.17, 15) is 0 Å². The maximum Gasteiger partial charge on any atom is 0.649 e. The summed E-state index contributed by atoms with van der Waals surface area (Å²) in [7, 11) is 0. The molecule has 6 heteroatoms. The normalized spacial score (nSPS) is 16.5. The predicted octanol–water partition coefficient (Wildman–Crippen LogP) is 3.83. The number of ether oxygens (including phenoxy) is 2. The zero-order chi connectivity index (χ0) is 19.1. The zero-order valence-corrected chi connectivity index (χ0v) is 23.5. The van der Waals surface area contributed by atoms with Crippen LogP contribution in [0.5, 0.6) is 11.5 Å². The summed E-state index contributed by atoms with van der Waals surface area (Å²) in [6.07, 6.45) is 4.26. The van der Waals surface area contributed by atoms with Gasteiger partial charge in [-0.05, 0) is 87.1 Å². The van der Waals surface area contributed by atoms with E-state index in [-0.39, 0.29) is 65.4 Å². The second-order valence-corrected chi connectivity index (χ2v) is 7.83. The fourth-order valence-electron chi connectivity index (χ4n) is 4.13. The van der Waals surface area contributed by atoms with Crippen molar-refractivity contribution in [1.82, 2.24) is 0 Å². The van der Waals surface area contributed by atoms with Crippen molar-refractivity contribution in [3.05, 3.63) is 69.7 Å². The van der Waals surface area contributed by atoms with Crippen molar-refractivity contribution >= 4 is 12.4 Å². The van der Waals surface area contributed by atoms with Crippen LogP contribution >= 0.6 is 0 Å². The summed E-state index contributed by atoms with van der Waals surface area (Å²) < 4.78 is 17.1. The molecular weight excluding hydrogens is 514 g/mol. The molecule has 2 aromatic rings. The van der Waals surface area contributed by atoms with Crippen LogP contribution in [-0.4, -0.2) is 27.6 Å². The topological polar surface area (TPSA) is 24.5 Å². The van der Waals surface area contributed by atoms with Gasteiger partial charge >= 0.3 is 6.03 Å². The standard InChI is InChI=1S/C23H24N2O2.2Y/c1-13-9-21-19(17(5)15(13)3)11-24-7-8-25-12-20-18(6)16(4)14(2)10-22(20)27-23(24,25)26-21;;/h7-12H,1-6H3;;. The molecule has 5 rings (SSSR count). The number of fused-ring (bicyclic) bond motifs is 2. The maximum atomic E-state index is 6.54. The number of hydrogen-bond acceptors (Lipinski definition) is 2. The number of hydrogen-bond donors (Lipinski definition) is 0. The van der Waals surface area contributed by atoms with E-state index in [1.807, 2.05) is 22.2 Å². The molecule has 0 amide bonds. The molecule has 1 fully saturated rings. The monoisotopic (exact) mass is 538 g/mol. The van der Waals surface area contributed by atoms with Crippen molar-refractivity contribution in [2.24, 2.45) is 0 Å². The fourth-order valence-corrected chi connectivity index (χ4v) is 4.13. The van der Waals surface area contributed by atoms with Crippen LogP contribution in [0.25, 0.3) is 0 Å². The maximum absolute atomic E-state index is 6.54. The van der Waals surface area contributed by atoms with Crippen molar-refractivity contribution in [2.45, 2.75) is 47.6 Å². The third kappa shape index (κ3) is 3.17. The van der Waals surface area contributed by atoms with Gasteiger partial charge in [-0.2, -0.15) is 0 Å². The third-order valence-electron chi connectivity index (χ3n) is 6.40. The number of rotatable bonds is 0. The number of aryl methyl sites for hydroxylation is 2. The smallest absolute Gasteiger partial charge is 0.346 e. The first-order valence-electron chi connectivity index (χ1n) is 9.36. The molecule has 3 heterocycles. The van der Waals surface area contributed by atoms with E-state index >= 15 is 0 Å². The molecule has 3 aliphatic heterocycles. The second-order valence-electron chi connectivity index (χ2n) is 7.83. The van der Waals surface area contributed by atoms with Crippen LogP contribution in [0.3, 0.4) is 0 Å². The van der Waals surface area contributed by atoms with Crippen LogP contribution in [0.15, 0.2) is 12.1 Å². The van der Waals surface area contributed by atoms with E-state index in [4.69, 9.17) is 9.47 Å². The van der Waals surface area contributed by atoms with Crippen molar-refractivity contribution in [3.63, 3.8) is 0 Å². The van der Waals surface area contributed by atoms with Crippen LogP contribution in [0.1, 0.15) is 44.5 Å². The summed E-state index contributed by atoms with van der Waals surface area (Å²) in [5.41, 5.74) is 9.76. The minimum absolute atomic E-state index is 0. The molecule has 1 saturated heterocycles. The molecule has 29 heavy (non-hydrogen) atoms. The third-order valence-corrected chi connectivity index (χ3v) is 6.40. The largest absolute Gasteiger partial charge is 0.649 e. The van der Waals surface area contributed by atoms with Crippen molar-refractivity contribution in [1.29, 1.82) is 0 Å². The van der Waals surface area contributed by atoms with E-state index < -0.39 is 6.03 Å². The molecule has 1 spiro atoms. The first-order chi connectivity index (χ1) is 12.8. The van der Waals surface area contributed by atoms with Gasteiger partial charge in [-0.1, -0.05) is 0 Å². The molecule has 0 N–H and O–H groups in total. The van der Waals surface area contributed by atoms with Gasteiger partial charge in [-0.25, -0.2) is 9.15 Å². The van der Waals surface area contributed by atoms with Gasteiger partial charge in [-0.3, -0.25) is 0 Å². The Balaban J connectivity index is 0.00000120. The molecule has 2 aromatic carbocycles. The summed E-state index contributed by atoms with van der Waals surface area (Å²) in [6.45, 7) is 16.9. The minimum atomic E-state index is -1.03. The zero-order valence-electron chi connectivity index (χ0n) is 17.8. The molecule has 0 unspecified atom stereocenters. The molecular formula is C23H24N2O2Y2. The van der Waals surface area contributed by atoms with Crippen molar-refractivity contribution in [2.75, 3.05) is 0 Å². The Morgan fingerprint density at radius 3 is 1.41 bits per heavy atom. The van der Waals surface area contributed by atoms with Crippen LogP contribution in [0, 0.1) is 54.6 Å². The van der Waals surface area contributed by atoms with Crippen LogP contribution < -0.4 is 9.47 Å². The van der Waals surface area contributed by atoms with Crippen LogP contribution in [-0.2, 0) is 65.4 Å². The summed E-state index contributed by atoms with van der Waals surface area (Å²) in [5.74, 6) is 1.72. The Labute approximate surface area is 223 Å². The second kappa shape index (κ2) is 7.78. The van der Waals surface area contributed by atoms with Gasteiger partial charge in [0.05, 0.1) is 0 Å². The molecule has 3 aliphatic rings. The van der Waals surface area contributed by atoms with Crippen LogP contribution in [0.4, 0.5) is 0 Å². The van der Waals surface area contributed by atoms with Gasteiger partial charge in [0.25, 0.3) is 0 Å². The van der Waals surface area contributed by atoms with E-state index in [2.05, 4.69) is 66.1 Å². The Morgan fingerprint density at radius 2 is 1.03 bits per heavy atom. The fraction of sp³-hybridized carbons (Fsp3) is 0.304. The Bertz CT molecular complexity index is 1020. The Kier molecular flexibility index (Phi) is 6.17. The molecule has 0 aromatic heterocycles. The number of benzene rings is 2. The van der Waals surface area contributed by atoms with Crippen molar-refractivity contribution < 1.29 is 84.0 Å². The number of nitrogens with zero attached hydrogens (tertiary/aromatic N) is 2. The van der Waals surface area contributed by atoms with Gasteiger partial charge in [-0.15, -0.1) is 0 Å². The molecule has 0 aliphatic carbocycles. The summed E-state index contributed by atoms with van der Waals surface area (Å²) in [4.78, 5) is 0. The average molecular weight is 538 g/mol. The Hall–Kier alpha value is -0.672. The molecule has 0 atom stereocenters. The van der Waals surface area contributed by atoms with Gasteiger partial charge in [0.2, 0.25) is 0 Å².